The van der Waals surface area contributed by atoms with E-state index in [-0.39, 0.29) is 10.7 Å². The quantitative estimate of drug-likeness (QED) is 0.709. The zero-order valence-electron chi connectivity index (χ0n) is 10.0. The number of halogens is 1. The van der Waals surface area contributed by atoms with E-state index in [0.717, 1.165) is 19.5 Å². The molecule has 0 radical (unpaired) electrons. The van der Waals surface area contributed by atoms with Gasteiger partial charge in [0.05, 0.1) is 4.83 Å². The van der Waals surface area contributed by atoms with Gasteiger partial charge in [0.2, 0.25) is 5.91 Å². The van der Waals surface area contributed by atoms with Crippen molar-refractivity contribution in [1.82, 2.24) is 4.90 Å². The van der Waals surface area contributed by atoms with Crippen molar-refractivity contribution >= 4 is 21.8 Å². The van der Waals surface area contributed by atoms with E-state index >= 15 is 0 Å². The van der Waals surface area contributed by atoms with Gasteiger partial charge in [-0.3, -0.25) is 4.79 Å². The molecule has 0 bridgehead atoms. The highest BCUT2D eigenvalue weighted by Crippen LogP contribution is 2.68. The first-order valence-corrected chi connectivity index (χ1v) is 6.63. The van der Waals surface area contributed by atoms with Gasteiger partial charge in [-0.15, -0.1) is 0 Å². The lowest BCUT2D eigenvalue weighted by Gasteiger charge is -2.16. The molecule has 2 fully saturated rings. The molecule has 0 spiro atoms. The molecule has 0 N–H and O–H groups in total. The molecule has 0 aromatic heterocycles. The van der Waals surface area contributed by atoms with E-state index in [9.17, 15) is 4.79 Å². The number of hydrogen-bond acceptors (Lipinski definition) is 1. The highest BCUT2D eigenvalue weighted by Gasteiger charge is 2.64. The number of rotatable bonds is 2. The van der Waals surface area contributed by atoms with Gasteiger partial charge in [0.15, 0.2) is 0 Å². The van der Waals surface area contributed by atoms with Gasteiger partial charge in [0, 0.05) is 13.1 Å². The number of carbonyl (C=O) groups is 1. The average molecular weight is 274 g/mol. The fourth-order valence-electron chi connectivity index (χ4n) is 2.89. The van der Waals surface area contributed by atoms with E-state index in [2.05, 4.69) is 43.6 Å². The van der Waals surface area contributed by atoms with Gasteiger partial charge in [0.25, 0.3) is 0 Å². The molecule has 2 rings (SSSR count). The number of amides is 1. The second-order valence-corrected chi connectivity index (χ2v) is 7.14. The Morgan fingerprint density at radius 1 is 1.33 bits per heavy atom. The number of hydrogen-bond donors (Lipinski definition) is 0. The predicted molar refractivity (Wildman–Crippen MR) is 65.0 cm³/mol. The molecule has 2 nitrogen and oxygen atoms in total. The third-order valence-corrected chi connectivity index (χ3v) is 5.80. The molecule has 0 aromatic carbocycles. The molecule has 1 saturated heterocycles. The molecule has 1 amide bonds. The smallest absolute Gasteiger partial charge is 0.236 e. The Morgan fingerprint density at radius 3 is 2.20 bits per heavy atom. The van der Waals surface area contributed by atoms with E-state index in [1.165, 1.54) is 0 Å². The van der Waals surface area contributed by atoms with Crippen LogP contribution in [0.25, 0.3) is 0 Å². The maximum absolute atomic E-state index is 11.8. The SMILES string of the molecule is CC1(C)C(CN2CCC(Br)C2=O)C1(C)C. The van der Waals surface area contributed by atoms with Gasteiger partial charge in [-0.05, 0) is 23.2 Å². The monoisotopic (exact) mass is 273 g/mol. The third-order valence-electron chi connectivity index (χ3n) is 4.95. The van der Waals surface area contributed by atoms with Crippen molar-refractivity contribution in [3.05, 3.63) is 0 Å². The van der Waals surface area contributed by atoms with Crippen molar-refractivity contribution in [2.45, 2.75) is 38.9 Å². The molecule has 1 heterocycles. The van der Waals surface area contributed by atoms with Crippen molar-refractivity contribution in [1.29, 1.82) is 0 Å². The Kier molecular flexibility index (Phi) is 2.46. The van der Waals surface area contributed by atoms with Gasteiger partial charge in [-0.25, -0.2) is 0 Å². The Bertz CT molecular complexity index is 284. The summed E-state index contributed by atoms with van der Waals surface area (Å²) in [6.45, 7) is 11.1. The van der Waals surface area contributed by atoms with Crippen LogP contribution in [0, 0.1) is 16.7 Å². The van der Waals surface area contributed by atoms with Crippen molar-refractivity contribution in [2.75, 3.05) is 13.1 Å². The molecule has 1 saturated carbocycles. The highest BCUT2D eigenvalue weighted by atomic mass is 79.9. The van der Waals surface area contributed by atoms with Crippen LogP contribution in [0.2, 0.25) is 0 Å². The number of carbonyl (C=O) groups excluding carboxylic acids is 1. The van der Waals surface area contributed by atoms with Crippen molar-refractivity contribution in [3.63, 3.8) is 0 Å². The summed E-state index contributed by atoms with van der Waals surface area (Å²) in [4.78, 5) is 13.9. The van der Waals surface area contributed by atoms with E-state index in [1.807, 2.05) is 4.90 Å². The maximum Gasteiger partial charge on any atom is 0.236 e. The Morgan fingerprint density at radius 2 is 1.87 bits per heavy atom. The van der Waals surface area contributed by atoms with E-state index in [4.69, 9.17) is 0 Å². The molecule has 1 unspecified atom stereocenters. The van der Waals surface area contributed by atoms with Crippen LogP contribution in [0.5, 0.6) is 0 Å². The Hall–Kier alpha value is -0.0500. The van der Waals surface area contributed by atoms with Crippen LogP contribution in [-0.4, -0.2) is 28.7 Å². The largest absolute Gasteiger partial charge is 0.341 e. The minimum Gasteiger partial charge on any atom is -0.341 e. The lowest BCUT2D eigenvalue weighted by Crippen LogP contribution is -2.30. The Balaban J connectivity index is 1.98. The molecular weight excluding hydrogens is 254 g/mol. The Labute approximate surface area is 101 Å². The summed E-state index contributed by atoms with van der Waals surface area (Å²) in [6.07, 6.45) is 0.965. The predicted octanol–water partition coefficient (Wildman–Crippen LogP) is 2.66. The first-order valence-electron chi connectivity index (χ1n) is 5.71. The van der Waals surface area contributed by atoms with Gasteiger partial charge >= 0.3 is 0 Å². The third kappa shape index (κ3) is 1.54. The number of nitrogens with zero attached hydrogens (tertiary/aromatic N) is 1. The van der Waals surface area contributed by atoms with Crippen LogP contribution in [0.3, 0.4) is 0 Å². The second kappa shape index (κ2) is 3.22. The molecule has 3 heteroatoms. The topological polar surface area (TPSA) is 20.3 Å². The minimum atomic E-state index is 0.0717. The summed E-state index contributed by atoms with van der Waals surface area (Å²) in [7, 11) is 0. The first-order chi connectivity index (χ1) is 6.78. The van der Waals surface area contributed by atoms with Crippen molar-refractivity contribution in [3.8, 4) is 0 Å². The normalized spacial score (nSPS) is 33.5. The summed E-state index contributed by atoms with van der Waals surface area (Å²) < 4.78 is 0. The molecule has 2 aliphatic rings. The lowest BCUT2D eigenvalue weighted by atomic mass is 10.0. The van der Waals surface area contributed by atoms with Gasteiger partial charge in [-0.2, -0.15) is 0 Å². The fourth-order valence-corrected chi connectivity index (χ4v) is 3.39. The molecule has 1 atom stereocenters. The van der Waals surface area contributed by atoms with Gasteiger partial charge in [-0.1, -0.05) is 43.6 Å². The number of likely N-dealkylation sites (tertiary alicyclic amines) is 1. The molecule has 0 aromatic rings. The van der Waals surface area contributed by atoms with Crippen LogP contribution in [-0.2, 0) is 4.79 Å². The van der Waals surface area contributed by atoms with Crippen molar-refractivity contribution < 1.29 is 4.79 Å². The molecule has 1 aliphatic heterocycles. The zero-order valence-corrected chi connectivity index (χ0v) is 11.6. The minimum absolute atomic E-state index is 0.0717. The molecule has 1 aliphatic carbocycles. The first kappa shape index (κ1) is 11.4. The standard InChI is InChI=1S/C12H20BrNO/c1-11(2)9(12(11,3)4)7-14-6-5-8(13)10(14)15/h8-9H,5-7H2,1-4H3. The fraction of sp³-hybridized carbons (Fsp3) is 0.917. The summed E-state index contributed by atoms with van der Waals surface area (Å²) in [5.41, 5.74) is 0.773. The van der Waals surface area contributed by atoms with Crippen molar-refractivity contribution in [2.24, 2.45) is 16.7 Å². The average Bonchev–Trinajstić information content (AvgIpc) is 2.43. The van der Waals surface area contributed by atoms with E-state index in [0.29, 0.717) is 16.7 Å². The van der Waals surface area contributed by atoms with E-state index < -0.39 is 0 Å². The summed E-state index contributed by atoms with van der Waals surface area (Å²) in [6, 6.07) is 0. The highest BCUT2D eigenvalue weighted by molar-refractivity contribution is 9.10. The molecule has 86 valence electrons. The van der Waals surface area contributed by atoms with Crippen LogP contribution in [0.15, 0.2) is 0 Å². The molecule has 15 heavy (non-hydrogen) atoms. The lowest BCUT2D eigenvalue weighted by molar-refractivity contribution is -0.127. The number of alkyl halides is 1. The summed E-state index contributed by atoms with van der Waals surface area (Å²) in [5.74, 6) is 0.945. The molecular formula is C12H20BrNO. The summed E-state index contributed by atoms with van der Waals surface area (Å²) in [5, 5.41) is 0. The van der Waals surface area contributed by atoms with E-state index in [1.54, 1.807) is 0 Å². The van der Waals surface area contributed by atoms with Gasteiger partial charge < -0.3 is 4.90 Å². The maximum atomic E-state index is 11.8. The van der Waals surface area contributed by atoms with Crippen LogP contribution < -0.4 is 0 Å². The van der Waals surface area contributed by atoms with Gasteiger partial charge in [0.1, 0.15) is 0 Å². The van der Waals surface area contributed by atoms with Crippen LogP contribution in [0.1, 0.15) is 34.1 Å². The van der Waals surface area contributed by atoms with Crippen LogP contribution in [0.4, 0.5) is 0 Å². The second-order valence-electron chi connectivity index (χ2n) is 6.04. The zero-order chi connectivity index (χ0) is 11.4. The summed E-state index contributed by atoms with van der Waals surface area (Å²) >= 11 is 3.42. The van der Waals surface area contributed by atoms with Crippen LogP contribution >= 0.6 is 15.9 Å².